The third-order valence-electron chi connectivity index (χ3n) is 3.11. The summed E-state index contributed by atoms with van der Waals surface area (Å²) < 4.78 is 5.04. The quantitative estimate of drug-likeness (QED) is 0.763. The number of carbonyl (C=O) groups is 1. The Morgan fingerprint density at radius 3 is 3.06 bits per heavy atom. The zero-order valence-corrected chi connectivity index (χ0v) is 10.6. The standard InChI is InChI=1S/C14H16N2O2/c1-3-18-14(17)16-12(9-15)6-5-11-8-10(2)4-7-13(11)16/h4,7-8,12H,3,5-6H2,1-2H3. The van der Waals surface area contributed by atoms with Crippen LogP contribution in [0.1, 0.15) is 24.5 Å². The highest BCUT2D eigenvalue weighted by molar-refractivity contribution is 5.90. The van der Waals surface area contributed by atoms with E-state index in [9.17, 15) is 4.79 Å². The first-order chi connectivity index (χ1) is 8.67. The first kappa shape index (κ1) is 12.4. The number of hydrogen-bond donors (Lipinski definition) is 0. The van der Waals surface area contributed by atoms with Gasteiger partial charge in [0.05, 0.1) is 18.4 Å². The van der Waals surface area contributed by atoms with Crippen LogP contribution < -0.4 is 4.90 Å². The van der Waals surface area contributed by atoms with Crippen molar-refractivity contribution in [3.8, 4) is 6.07 Å². The van der Waals surface area contributed by atoms with E-state index >= 15 is 0 Å². The van der Waals surface area contributed by atoms with Gasteiger partial charge in [-0.05, 0) is 38.3 Å². The summed E-state index contributed by atoms with van der Waals surface area (Å²) in [5.74, 6) is 0. The van der Waals surface area contributed by atoms with Crippen LogP contribution in [0, 0.1) is 18.3 Å². The molecule has 1 amide bonds. The van der Waals surface area contributed by atoms with Gasteiger partial charge >= 0.3 is 6.09 Å². The molecule has 1 aromatic rings. The molecule has 1 aromatic carbocycles. The monoisotopic (exact) mass is 244 g/mol. The predicted octanol–water partition coefficient (Wildman–Crippen LogP) is 2.80. The van der Waals surface area contributed by atoms with Gasteiger partial charge in [0.25, 0.3) is 0 Å². The molecule has 4 heteroatoms. The zero-order valence-electron chi connectivity index (χ0n) is 10.6. The second-order valence-electron chi connectivity index (χ2n) is 4.38. The van der Waals surface area contributed by atoms with Crippen molar-refractivity contribution >= 4 is 11.8 Å². The summed E-state index contributed by atoms with van der Waals surface area (Å²) in [7, 11) is 0. The van der Waals surface area contributed by atoms with Crippen LogP contribution in [-0.4, -0.2) is 18.7 Å². The van der Waals surface area contributed by atoms with Gasteiger partial charge in [0, 0.05) is 0 Å². The topological polar surface area (TPSA) is 53.3 Å². The molecule has 4 nitrogen and oxygen atoms in total. The van der Waals surface area contributed by atoms with Crippen molar-refractivity contribution in [1.82, 2.24) is 0 Å². The summed E-state index contributed by atoms with van der Waals surface area (Å²) in [6, 6.07) is 7.65. The molecule has 1 atom stereocenters. The van der Waals surface area contributed by atoms with E-state index in [2.05, 4.69) is 12.1 Å². The number of benzene rings is 1. The normalized spacial score (nSPS) is 17.8. The molecule has 18 heavy (non-hydrogen) atoms. The van der Waals surface area contributed by atoms with Crippen LogP contribution in [0.5, 0.6) is 0 Å². The van der Waals surface area contributed by atoms with E-state index < -0.39 is 12.1 Å². The molecule has 1 unspecified atom stereocenters. The Balaban J connectivity index is 2.41. The van der Waals surface area contributed by atoms with Gasteiger partial charge in [-0.2, -0.15) is 5.26 Å². The van der Waals surface area contributed by atoms with Crippen molar-refractivity contribution in [3.05, 3.63) is 29.3 Å². The average Bonchev–Trinajstić information content (AvgIpc) is 2.37. The second-order valence-corrected chi connectivity index (χ2v) is 4.38. The number of anilines is 1. The maximum Gasteiger partial charge on any atom is 0.415 e. The first-order valence-electron chi connectivity index (χ1n) is 6.12. The number of rotatable bonds is 1. The lowest BCUT2D eigenvalue weighted by atomic mass is 9.95. The molecule has 0 N–H and O–H groups in total. The van der Waals surface area contributed by atoms with Gasteiger partial charge < -0.3 is 4.74 Å². The molecule has 0 saturated carbocycles. The molecule has 0 aromatic heterocycles. The number of hydrogen-bond acceptors (Lipinski definition) is 3. The molecular weight excluding hydrogens is 228 g/mol. The molecule has 1 aliphatic heterocycles. The Labute approximate surface area is 107 Å². The summed E-state index contributed by atoms with van der Waals surface area (Å²) in [6.45, 7) is 4.10. The average molecular weight is 244 g/mol. The second kappa shape index (κ2) is 5.09. The number of ether oxygens (including phenoxy) is 1. The maximum atomic E-state index is 12.0. The Morgan fingerprint density at radius 2 is 2.39 bits per heavy atom. The number of carbonyl (C=O) groups excluding carboxylic acids is 1. The van der Waals surface area contributed by atoms with Crippen LogP contribution in [-0.2, 0) is 11.2 Å². The summed E-state index contributed by atoms with van der Waals surface area (Å²) in [4.78, 5) is 13.4. The highest BCUT2D eigenvalue weighted by atomic mass is 16.6. The van der Waals surface area contributed by atoms with Gasteiger partial charge in [-0.3, -0.25) is 4.90 Å². The van der Waals surface area contributed by atoms with E-state index in [-0.39, 0.29) is 0 Å². The van der Waals surface area contributed by atoms with Crippen molar-refractivity contribution in [3.63, 3.8) is 0 Å². The molecule has 2 rings (SSSR count). The highest BCUT2D eigenvalue weighted by Crippen LogP contribution is 2.31. The lowest BCUT2D eigenvalue weighted by molar-refractivity contribution is 0.157. The minimum atomic E-state index is -0.436. The molecule has 0 saturated heterocycles. The van der Waals surface area contributed by atoms with Gasteiger partial charge in [-0.25, -0.2) is 4.79 Å². The van der Waals surface area contributed by atoms with Crippen LogP contribution in [0.3, 0.4) is 0 Å². The molecule has 0 bridgehead atoms. The molecule has 0 fully saturated rings. The number of fused-ring (bicyclic) bond motifs is 1. The van der Waals surface area contributed by atoms with Crippen LogP contribution in [0.2, 0.25) is 0 Å². The van der Waals surface area contributed by atoms with E-state index in [4.69, 9.17) is 10.00 Å². The van der Waals surface area contributed by atoms with Crippen molar-refractivity contribution in [2.24, 2.45) is 0 Å². The van der Waals surface area contributed by atoms with Crippen LogP contribution in [0.15, 0.2) is 18.2 Å². The molecule has 94 valence electrons. The maximum absolute atomic E-state index is 12.0. The van der Waals surface area contributed by atoms with E-state index in [1.54, 1.807) is 6.92 Å². The van der Waals surface area contributed by atoms with E-state index in [1.165, 1.54) is 4.90 Å². The van der Waals surface area contributed by atoms with Crippen molar-refractivity contribution in [1.29, 1.82) is 5.26 Å². The minimum absolute atomic E-state index is 0.314. The van der Waals surface area contributed by atoms with E-state index in [0.717, 1.165) is 23.2 Å². The largest absolute Gasteiger partial charge is 0.449 e. The summed E-state index contributed by atoms with van der Waals surface area (Å²) in [6.07, 6.45) is 1.05. The first-order valence-corrected chi connectivity index (χ1v) is 6.12. The Kier molecular flexibility index (Phi) is 3.52. The van der Waals surface area contributed by atoms with Crippen molar-refractivity contribution < 1.29 is 9.53 Å². The zero-order chi connectivity index (χ0) is 13.1. The van der Waals surface area contributed by atoms with Crippen LogP contribution in [0.4, 0.5) is 10.5 Å². The van der Waals surface area contributed by atoms with Gasteiger partial charge in [-0.15, -0.1) is 0 Å². The van der Waals surface area contributed by atoms with E-state index in [0.29, 0.717) is 13.0 Å². The fourth-order valence-electron chi connectivity index (χ4n) is 2.28. The lowest BCUT2D eigenvalue weighted by Gasteiger charge is -2.32. The third-order valence-corrected chi connectivity index (χ3v) is 3.11. The van der Waals surface area contributed by atoms with Crippen molar-refractivity contribution in [2.45, 2.75) is 32.7 Å². The fraction of sp³-hybridized carbons (Fsp3) is 0.429. The molecule has 0 aliphatic carbocycles. The number of aryl methyl sites for hydroxylation is 2. The van der Waals surface area contributed by atoms with Gasteiger partial charge in [-0.1, -0.05) is 17.7 Å². The predicted molar refractivity (Wildman–Crippen MR) is 68.4 cm³/mol. The van der Waals surface area contributed by atoms with E-state index in [1.807, 2.05) is 19.1 Å². The van der Waals surface area contributed by atoms with Gasteiger partial charge in [0.15, 0.2) is 0 Å². The Morgan fingerprint density at radius 1 is 1.61 bits per heavy atom. The smallest absolute Gasteiger partial charge is 0.415 e. The summed E-state index contributed by atoms with van der Waals surface area (Å²) in [5.41, 5.74) is 3.07. The Bertz CT molecular complexity index is 505. The summed E-state index contributed by atoms with van der Waals surface area (Å²) >= 11 is 0. The van der Waals surface area contributed by atoms with Gasteiger partial charge in [0.1, 0.15) is 6.04 Å². The lowest BCUT2D eigenvalue weighted by Crippen LogP contribution is -2.43. The van der Waals surface area contributed by atoms with Crippen molar-refractivity contribution in [2.75, 3.05) is 11.5 Å². The van der Waals surface area contributed by atoms with Gasteiger partial charge in [0.2, 0.25) is 0 Å². The number of amides is 1. The highest BCUT2D eigenvalue weighted by Gasteiger charge is 2.31. The molecular formula is C14H16N2O2. The molecule has 1 aliphatic rings. The third kappa shape index (κ3) is 2.17. The molecule has 1 heterocycles. The number of nitriles is 1. The SMILES string of the molecule is CCOC(=O)N1c2ccc(C)cc2CCC1C#N. The fourth-order valence-corrected chi connectivity index (χ4v) is 2.28. The summed E-state index contributed by atoms with van der Waals surface area (Å²) in [5, 5.41) is 9.16. The van der Waals surface area contributed by atoms with Crippen LogP contribution >= 0.6 is 0 Å². The Hall–Kier alpha value is -2.02. The minimum Gasteiger partial charge on any atom is -0.449 e. The molecule has 0 spiro atoms. The molecule has 0 radical (unpaired) electrons. The van der Waals surface area contributed by atoms with Crippen LogP contribution in [0.25, 0.3) is 0 Å². The number of nitrogens with zero attached hydrogens (tertiary/aromatic N) is 2.